The lowest BCUT2D eigenvalue weighted by molar-refractivity contribution is -0.141. The number of aromatic nitrogens is 2. The highest BCUT2D eigenvalue weighted by atomic mass is 19.4. The average molecular weight is 261 g/mol. The van der Waals surface area contributed by atoms with Crippen molar-refractivity contribution in [2.75, 3.05) is 6.54 Å². The van der Waals surface area contributed by atoms with Crippen LogP contribution in [-0.2, 0) is 13.1 Å². The zero-order valence-electron chi connectivity index (χ0n) is 9.83. The summed E-state index contributed by atoms with van der Waals surface area (Å²) in [5.74, 6) is 0.931. The zero-order chi connectivity index (χ0) is 13.2. The third kappa shape index (κ3) is 3.38. The molecule has 100 valence electrons. The van der Waals surface area contributed by atoms with Crippen molar-refractivity contribution in [2.24, 2.45) is 4.99 Å². The second-order valence-electron chi connectivity index (χ2n) is 4.17. The SMILES string of the molecule is CC1CN=C(NCc2nccn2CC(F)(F)F)N1. The van der Waals surface area contributed by atoms with Crippen molar-refractivity contribution >= 4 is 5.96 Å². The normalized spacial score (nSPS) is 19.6. The van der Waals surface area contributed by atoms with E-state index in [9.17, 15) is 13.2 Å². The summed E-state index contributed by atoms with van der Waals surface area (Å²) < 4.78 is 37.9. The molecule has 1 aromatic heterocycles. The van der Waals surface area contributed by atoms with Gasteiger partial charge in [0.05, 0.1) is 13.1 Å². The molecule has 2 heterocycles. The molecule has 1 unspecified atom stereocenters. The Morgan fingerprint density at radius 2 is 2.33 bits per heavy atom. The van der Waals surface area contributed by atoms with E-state index < -0.39 is 12.7 Å². The van der Waals surface area contributed by atoms with Crippen LogP contribution in [0.4, 0.5) is 13.2 Å². The highest BCUT2D eigenvalue weighted by Gasteiger charge is 2.28. The van der Waals surface area contributed by atoms with Crippen LogP contribution in [0.3, 0.4) is 0 Å². The molecule has 1 aliphatic rings. The van der Waals surface area contributed by atoms with Crippen molar-refractivity contribution in [1.82, 2.24) is 20.2 Å². The average Bonchev–Trinajstić information content (AvgIpc) is 2.82. The molecule has 0 radical (unpaired) electrons. The van der Waals surface area contributed by atoms with Gasteiger partial charge in [-0.05, 0) is 6.92 Å². The molecule has 8 heteroatoms. The second kappa shape index (κ2) is 4.87. The molecule has 0 saturated heterocycles. The van der Waals surface area contributed by atoms with Gasteiger partial charge in [0, 0.05) is 18.4 Å². The number of alkyl halides is 3. The minimum absolute atomic E-state index is 0.210. The van der Waals surface area contributed by atoms with Gasteiger partial charge in [-0.2, -0.15) is 13.2 Å². The van der Waals surface area contributed by atoms with Gasteiger partial charge in [-0.25, -0.2) is 4.98 Å². The Labute approximate surface area is 102 Å². The summed E-state index contributed by atoms with van der Waals surface area (Å²) in [5.41, 5.74) is 0. The van der Waals surface area contributed by atoms with E-state index >= 15 is 0 Å². The van der Waals surface area contributed by atoms with Gasteiger partial charge in [-0.3, -0.25) is 4.99 Å². The van der Waals surface area contributed by atoms with Crippen molar-refractivity contribution in [3.8, 4) is 0 Å². The molecule has 18 heavy (non-hydrogen) atoms. The molecule has 1 aromatic rings. The predicted octanol–water partition coefficient (Wildman–Crippen LogP) is 0.883. The number of hydrogen-bond donors (Lipinski definition) is 2. The monoisotopic (exact) mass is 261 g/mol. The molecular formula is C10H14F3N5. The van der Waals surface area contributed by atoms with E-state index in [1.54, 1.807) is 0 Å². The lowest BCUT2D eigenvalue weighted by Crippen LogP contribution is -2.37. The summed E-state index contributed by atoms with van der Waals surface area (Å²) in [6, 6.07) is 0.252. The van der Waals surface area contributed by atoms with E-state index in [1.807, 2.05) is 6.92 Å². The first-order chi connectivity index (χ1) is 8.44. The molecule has 1 aliphatic heterocycles. The maximum atomic E-state index is 12.3. The van der Waals surface area contributed by atoms with Crippen molar-refractivity contribution in [3.05, 3.63) is 18.2 Å². The lowest BCUT2D eigenvalue weighted by Gasteiger charge is -2.12. The molecule has 1 atom stereocenters. The summed E-state index contributed by atoms with van der Waals surface area (Å²) in [6.07, 6.45) is -1.57. The third-order valence-corrected chi connectivity index (χ3v) is 2.47. The molecule has 5 nitrogen and oxygen atoms in total. The number of hydrogen-bond acceptors (Lipinski definition) is 4. The third-order valence-electron chi connectivity index (χ3n) is 2.47. The maximum absolute atomic E-state index is 12.3. The van der Waals surface area contributed by atoms with E-state index in [0.29, 0.717) is 18.3 Å². The maximum Gasteiger partial charge on any atom is 0.406 e. The van der Waals surface area contributed by atoms with Crippen molar-refractivity contribution in [3.63, 3.8) is 0 Å². The molecule has 0 fully saturated rings. The fourth-order valence-electron chi connectivity index (χ4n) is 1.67. The van der Waals surface area contributed by atoms with Crippen LogP contribution in [0.2, 0.25) is 0 Å². The minimum atomic E-state index is -4.24. The van der Waals surface area contributed by atoms with Gasteiger partial charge in [0.25, 0.3) is 0 Å². The largest absolute Gasteiger partial charge is 0.406 e. The first-order valence-corrected chi connectivity index (χ1v) is 5.55. The highest BCUT2D eigenvalue weighted by Crippen LogP contribution is 2.18. The first kappa shape index (κ1) is 12.7. The summed E-state index contributed by atoms with van der Waals surface area (Å²) in [5, 5.41) is 5.99. The predicted molar refractivity (Wildman–Crippen MR) is 60.0 cm³/mol. The van der Waals surface area contributed by atoms with Crippen LogP contribution < -0.4 is 10.6 Å². The van der Waals surface area contributed by atoms with Crippen LogP contribution in [0.25, 0.3) is 0 Å². The standard InChI is InChI=1S/C10H14F3N5/c1-7-4-15-9(17-7)16-5-8-14-2-3-18(8)6-10(11,12)13/h2-3,7H,4-6H2,1H3,(H2,15,16,17). The van der Waals surface area contributed by atoms with E-state index in [1.165, 1.54) is 12.4 Å². The summed E-state index contributed by atoms with van der Waals surface area (Å²) in [7, 11) is 0. The number of imidazole rings is 1. The van der Waals surface area contributed by atoms with Crippen LogP contribution in [0.1, 0.15) is 12.7 Å². The molecule has 0 spiro atoms. The van der Waals surface area contributed by atoms with Crippen LogP contribution in [0, 0.1) is 0 Å². The number of halogens is 3. The second-order valence-corrected chi connectivity index (χ2v) is 4.17. The molecule has 0 saturated carbocycles. The smallest absolute Gasteiger partial charge is 0.352 e. The number of guanidine groups is 1. The molecule has 2 rings (SSSR count). The van der Waals surface area contributed by atoms with Gasteiger partial charge in [-0.1, -0.05) is 0 Å². The van der Waals surface area contributed by atoms with Crippen molar-refractivity contribution in [1.29, 1.82) is 0 Å². The Hall–Kier alpha value is -1.73. The van der Waals surface area contributed by atoms with E-state index in [-0.39, 0.29) is 12.6 Å². The minimum Gasteiger partial charge on any atom is -0.352 e. The van der Waals surface area contributed by atoms with E-state index in [0.717, 1.165) is 4.57 Å². The Balaban J connectivity index is 1.92. The zero-order valence-corrected chi connectivity index (χ0v) is 9.83. The van der Waals surface area contributed by atoms with Gasteiger partial charge >= 0.3 is 6.18 Å². The van der Waals surface area contributed by atoms with Crippen LogP contribution in [0.5, 0.6) is 0 Å². The number of nitrogens with one attached hydrogen (secondary N) is 2. The Bertz CT molecular complexity index is 437. The number of rotatable bonds is 3. The van der Waals surface area contributed by atoms with Gasteiger partial charge < -0.3 is 15.2 Å². The van der Waals surface area contributed by atoms with E-state index in [4.69, 9.17) is 0 Å². The van der Waals surface area contributed by atoms with Gasteiger partial charge in [0.15, 0.2) is 5.96 Å². The Morgan fingerprint density at radius 3 is 2.94 bits per heavy atom. The molecular weight excluding hydrogens is 247 g/mol. The molecule has 0 aromatic carbocycles. The number of aliphatic imine (C=N–C) groups is 1. The number of nitrogens with zero attached hydrogens (tertiary/aromatic N) is 3. The lowest BCUT2D eigenvalue weighted by atomic mass is 10.4. The summed E-state index contributed by atoms with van der Waals surface area (Å²) in [6.45, 7) is 1.82. The Kier molecular flexibility index (Phi) is 3.44. The van der Waals surface area contributed by atoms with Crippen LogP contribution in [0.15, 0.2) is 17.4 Å². The van der Waals surface area contributed by atoms with Gasteiger partial charge in [0.2, 0.25) is 0 Å². The quantitative estimate of drug-likeness (QED) is 0.849. The first-order valence-electron chi connectivity index (χ1n) is 5.55. The van der Waals surface area contributed by atoms with Crippen LogP contribution in [-0.4, -0.2) is 34.3 Å². The summed E-state index contributed by atoms with van der Waals surface area (Å²) >= 11 is 0. The van der Waals surface area contributed by atoms with Gasteiger partial charge in [-0.15, -0.1) is 0 Å². The van der Waals surface area contributed by atoms with E-state index in [2.05, 4.69) is 20.6 Å². The fraction of sp³-hybridized carbons (Fsp3) is 0.600. The van der Waals surface area contributed by atoms with Crippen molar-refractivity contribution < 1.29 is 13.2 Å². The van der Waals surface area contributed by atoms with Crippen molar-refractivity contribution in [2.45, 2.75) is 32.2 Å². The van der Waals surface area contributed by atoms with Gasteiger partial charge in [0.1, 0.15) is 12.4 Å². The van der Waals surface area contributed by atoms with Crippen LogP contribution >= 0.6 is 0 Å². The highest BCUT2D eigenvalue weighted by molar-refractivity contribution is 5.81. The Morgan fingerprint density at radius 1 is 1.56 bits per heavy atom. The molecule has 0 amide bonds. The molecule has 0 bridgehead atoms. The topological polar surface area (TPSA) is 54.2 Å². The fourth-order valence-corrected chi connectivity index (χ4v) is 1.67. The summed E-state index contributed by atoms with van der Waals surface area (Å²) in [4.78, 5) is 8.05. The molecule has 0 aliphatic carbocycles. The molecule has 2 N–H and O–H groups in total.